The maximum absolute atomic E-state index is 12.6. The fourth-order valence-electron chi connectivity index (χ4n) is 2.44. The topological polar surface area (TPSA) is 88.3 Å². The quantitative estimate of drug-likeness (QED) is 0.653. The number of nitrogens with two attached hydrogens (primary N) is 1. The molecule has 1 aromatic rings. The van der Waals surface area contributed by atoms with Gasteiger partial charge in [-0.2, -0.15) is 4.31 Å². The van der Waals surface area contributed by atoms with E-state index in [9.17, 15) is 8.42 Å². The summed E-state index contributed by atoms with van der Waals surface area (Å²) in [6.45, 7) is 5.50. The molecule has 1 saturated heterocycles. The molecule has 0 atom stereocenters. The average molecular weight is 298 g/mol. The summed E-state index contributed by atoms with van der Waals surface area (Å²) in [7, 11) is -3.47. The van der Waals surface area contributed by atoms with Gasteiger partial charge in [0.25, 0.3) is 0 Å². The Morgan fingerprint density at radius 1 is 1.35 bits per heavy atom. The number of rotatable bonds is 3. The summed E-state index contributed by atoms with van der Waals surface area (Å²) in [5, 5.41) is 0. The highest BCUT2D eigenvalue weighted by Crippen LogP contribution is 2.31. The van der Waals surface area contributed by atoms with Gasteiger partial charge in [0.15, 0.2) is 0 Å². The lowest BCUT2D eigenvalue weighted by atomic mass is 9.85. The molecule has 0 amide bonds. The van der Waals surface area contributed by atoms with Gasteiger partial charge in [-0.3, -0.25) is 0 Å². The highest BCUT2D eigenvalue weighted by molar-refractivity contribution is 7.89. The van der Waals surface area contributed by atoms with Gasteiger partial charge in [0.1, 0.15) is 5.82 Å². The monoisotopic (exact) mass is 298 g/mol. The van der Waals surface area contributed by atoms with E-state index >= 15 is 0 Å². The first kappa shape index (κ1) is 15.2. The molecule has 3 N–H and O–H groups in total. The molecule has 1 aromatic heterocycles. The van der Waals surface area contributed by atoms with Crippen molar-refractivity contribution in [3.8, 4) is 0 Å². The molecule has 1 fully saturated rings. The van der Waals surface area contributed by atoms with Crippen molar-refractivity contribution in [3.05, 3.63) is 18.3 Å². The fraction of sp³-hybridized carbons (Fsp3) is 0.615. The molecule has 112 valence electrons. The number of hydrazine groups is 1. The molecule has 0 spiro atoms. The minimum absolute atomic E-state index is 0.201. The van der Waals surface area contributed by atoms with Crippen LogP contribution < -0.4 is 11.3 Å². The zero-order valence-corrected chi connectivity index (χ0v) is 12.8. The van der Waals surface area contributed by atoms with Crippen molar-refractivity contribution in [2.75, 3.05) is 18.5 Å². The Labute approximate surface area is 120 Å². The van der Waals surface area contributed by atoms with Crippen LogP contribution in [0.15, 0.2) is 23.2 Å². The molecule has 2 heterocycles. The van der Waals surface area contributed by atoms with Crippen LogP contribution in [0.4, 0.5) is 5.82 Å². The van der Waals surface area contributed by atoms with Gasteiger partial charge in [-0.05, 0) is 30.7 Å². The Hall–Kier alpha value is -1.18. The molecule has 0 aliphatic carbocycles. The van der Waals surface area contributed by atoms with Crippen LogP contribution in [0.3, 0.4) is 0 Å². The van der Waals surface area contributed by atoms with Crippen LogP contribution in [-0.2, 0) is 10.0 Å². The Balaban J connectivity index is 2.25. The predicted molar refractivity (Wildman–Crippen MR) is 78.4 cm³/mol. The van der Waals surface area contributed by atoms with Gasteiger partial charge in [-0.1, -0.05) is 13.8 Å². The van der Waals surface area contributed by atoms with Crippen molar-refractivity contribution >= 4 is 15.8 Å². The summed E-state index contributed by atoms with van der Waals surface area (Å²) < 4.78 is 26.9. The Morgan fingerprint density at radius 2 is 2.10 bits per heavy atom. The largest absolute Gasteiger partial charge is 0.308 e. The number of hydrogen-bond donors (Lipinski definition) is 2. The van der Waals surface area contributed by atoms with Crippen molar-refractivity contribution in [1.82, 2.24) is 9.29 Å². The van der Waals surface area contributed by atoms with Crippen LogP contribution in [-0.4, -0.2) is 30.8 Å². The SMILES string of the molecule is CC1(C)CCCN(S(=O)(=O)c2ccnc(NN)c2)CC1. The summed E-state index contributed by atoms with van der Waals surface area (Å²) in [5.41, 5.74) is 2.57. The second-order valence-corrected chi connectivity index (χ2v) is 7.88. The van der Waals surface area contributed by atoms with E-state index in [1.807, 2.05) is 0 Å². The minimum atomic E-state index is -3.47. The molecule has 0 saturated carbocycles. The third-order valence-corrected chi connectivity index (χ3v) is 5.71. The van der Waals surface area contributed by atoms with Gasteiger partial charge in [0.2, 0.25) is 10.0 Å². The number of pyridine rings is 1. The Morgan fingerprint density at radius 3 is 2.80 bits per heavy atom. The van der Waals surface area contributed by atoms with E-state index in [2.05, 4.69) is 24.3 Å². The molecular weight excluding hydrogens is 276 g/mol. The summed E-state index contributed by atoms with van der Waals surface area (Å²) in [4.78, 5) is 4.18. The van der Waals surface area contributed by atoms with Crippen molar-refractivity contribution in [2.45, 2.75) is 38.0 Å². The first-order valence-corrected chi connectivity index (χ1v) is 8.22. The first-order chi connectivity index (χ1) is 9.35. The molecule has 6 nitrogen and oxygen atoms in total. The fourth-order valence-corrected chi connectivity index (χ4v) is 3.93. The molecule has 0 aromatic carbocycles. The molecular formula is C13H22N4O2S. The zero-order valence-electron chi connectivity index (χ0n) is 12.0. The highest BCUT2D eigenvalue weighted by Gasteiger charge is 2.30. The molecule has 7 heteroatoms. The average Bonchev–Trinajstić information content (AvgIpc) is 2.60. The van der Waals surface area contributed by atoms with Gasteiger partial charge in [-0.25, -0.2) is 19.2 Å². The van der Waals surface area contributed by atoms with E-state index in [1.54, 1.807) is 4.31 Å². The number of nitrogens with one attached hydrogen (secondary N) is 1. The summed E-state index contributed by atoms with van der Waals surface area (Å²) >= 11 is 0. The van der Waals surface area contributed by atoms with Crippen LogP contribution in [0, 0.1) is 5.41 Å². The van der Waals surface area contributed by atoms with Crippen molar-refractivity contribution in [2.24, 2.45) is 11.3 Å². The summed E-state index contributed by atoms with van der Waals surface area (Å²) in [6.07, 6.45) is 4.26. The number of nitrogen functional groups attached to an aromatic ring is 1. The maximum atomic E-state index is 12.6. The number of sulfonamides is 1. The number of aromatic nitrogens is 1. The van der Waals surface area contributed by atoms with E-state index in [1.165, 1.54) is 18.3 Å². The van der Waals surface area contributed by atoms with E-state index in [0.717, 1.165) is 19.3 Å². The third-order valence-electron chi connectivity index (χ3n) is 3.82. The maximum Gasteiger partial charge on any atom is 0.243 e. The smallest absolute Gasteiger partial charge is 0.243 e. The molecule has 1 aliphatic rings. The van der Waals surface area contributed by atoms with Crippen LogP contribution >= 0.6 is 0 Å². The van der Waals surface area contributed by atoms with Crippen LogP contribution in [0.2, 0.25) is 0 Å². The third kappa shape index (κ3) is 3.28. The minimum Gasteiger partial charge on any atom is -0.308 e. The lowest BCUT2D eigenvalue weighted by molar-refractivity contribution is 0.315. The molecule has 1 aliphatic heterocycles. The van der Waals surface area contributed by atoms with Crippen molar-refractivity contribution in [1.29, 1.82) is 0 Å². The molecule has 0 bridgehead atoms. The Bertz CT molecular complexity index is 571. The van der Waals surface area contributed by atoms with E-state index in [-0.39, 0.29) is 10.3 Å². The Kier molecular flexibility index (Phi) is 4.31. The predicted octanol–water partition coefficient (Wildman–Crippen LogP) is 1.57. The normalized spacial score (nSPS) is 20.4. The van der Waals surface area contributed by atoms with Crippen LogP contribution in [0.5, 0.6) is 0 Å². The standard InChI is InChI=1S/C13H22N4O2S/c1-13(2)5-3-8-17(9-6-13)20(18,19)11-4-7-15-12(10-11)16-14/h4,7,10H,3,5-6,8-9,14H2,1-2H3,(H,15,16). The van der Waals surface area contributed by atoms with Gasteiger partial charge in [0, 0.05) is 25.4 Å². The molecule has 20 heavy (non-hydrogen) atoms. The van der Waals surface area contributed by atoms with E-state index in [0.29, 0.717) is 18.9 Å². The van der Waals surface area contributed by atoms with Crippen molar-refractivity contribution in [3.63, 3.8) is 0 Å². The second kappa shape index (κ2) is 5.67. The second-order valence-electron chi connectivity index (χ2n) is 5.94. The molecule has 2 rings (SSSR count). The van der Waals surface area contributed by atoms with Crippen LogP contribution in [0.1, 0.15) is 33.1 Å². The number of nitrogens with zero attached hydrogens (tertiary/aromatic N) is 2. The van der Waals surface area contributed by atoms with Gasteiger partial charge in [-0.15, -0.1) is 0 Å². The van der Waals surface area contributed by atoms with Gasteiger partial charge >= 0.3 is 0 Å². The number of hydrogen-bond acceptors (Lipinski definition) is 5. The summed E-state index contributed by atoms with van der Waals surface area (Å²) in [5.74, 6) is 5.63. The lowest BCUT2D eigenvalue weighted by Gasteiger charge is -2.23. The first-order valence-electron chi connectivity index (χ1n) is 6.78. The summed E-state index contributed by atoms with van der Waals surface area (Å²) in [6, 6.07) is 2.97. The zero-order chi connectivity index (χ0) is 14.8. The highest BCUT2D eigenvalue weighted by atomic mass is 32.2. The van der Waals surface area contributed by atoms with E-state index in [4.69, 9.17) is 5.84 Å². The molecule has 0 unspecified atom stereocenters. The van der Waals surface area contributed by atoms with E-state index < -0.39 is 10.0 Å². The lowest BCUT2D eigenvalue weighted by Crippen LogP contribution is -2.32. The van der Waals surface area contributed by atoms with Crippen LogP contribution in [0.25, 0.3) is 0 Å². The number of anilines is 1. The molecule has 0 radical (unpaired) electrons. The van der Waals surface area contributed by atoms with Gasteiger partial charge < -0.3 is 5.43 Å². The van der Waals surface area contributed by atoms with Crippen molar-refractivity contribution < 1.29 is 8.42 Å². The van der Waals surface area contributed by atoms with Gasteiger partial charge in [0.05, 0.1) is 4.90 Å².